The topological polar surface area (TPSA) is 91.5 Å². The number of aromatic nitrogens is 1. The number of para-hydroxylation sites is 1. The first-order valence-electron chi connectivity index (χ1n) is 8.20. The number of nitrogens with zero attached hydrogens (tertiary/aromatic N) is 2. The first-order chi connectivity index (χ1) is 11.7. The van der Waals surface area contributed by atoms with Gasteiger partial charge in [0.1, 0.15) is 5.82 Å². The van der Waals surface area contributed by atoms with Crippen LogP contribution in [0.25, 0.3) is 0 Å². The Morgan fingerprint density at radius 3 is 2.67 bits per heavy atom. The van der Waals surface area contributed by atoms with E-state index in [2.05, 4.69) is 15.2 Å². The molecule has 1 aromatic heterocycles. The van der Waals surface area contributed by atoms with Crippen LogP contribution in [0.15, 0.2) is 42.6 Å². The van der Waals surface area contributed by atoms with E-state index in [4.69, 9.17) is 5.73 Å². The van der Waals surface area contributed by atoms with E-state index in [0.717, 1.165) is 31.7 Å². The van der Waals surface area contributed by atoms with Gasteiger partial charge in [0.2, 0.25) is 0 Å². The van der Waals surface area contributed by atoms with Gasteiger partial charge in [0.25, 0.3) is 5.91 Å². The second-order valence-electron chi connectivity index (χ2n) is 5.92. The fraction of sp³-hybridized carbons (Fsp3) is 0.333. The molecule has 24 heavy (non-hydrogen) atoms. The summed E-state index contributed by atoms with van der Waals surface area (Å²) >= 11 is 0. The number of anilines is 2. The van der Waals surface area contributed by atoms with Crippen molar-refractivity contribution in [2.45, 2.75) is 25.5 Å². The minimum Gasteiger partial charge on any atom is -0.369 e. The van der Waals surface area contributed by atoms with Gasteiger partial charge in [0, 0.05) is 30.5 Å². The van der Waals surface area contributed by atoms with Crippen molar-refractivity contribution < 1.29 is 9.90 Å². The van der Waals surface area contributed by atoms with E-state index >= 15 is 0 Å². The molecule has 1 aliphatic heterocycles. The standard InChI is InChI=1S/C18H22N4O2/c19-16(23)13-7-2-3-9-15(13)21-18(24)14-8-6-10-20-17(14)22-11-4-1-5-12-22/h2-3,6-10,18,21,24H,1,4-5,11-12H2,(H2,19,23). The van der Waals surface area contributed by atoms with Crippen molar-refractivity contribution in [1.29, 1.82) is 0 Å². The van der Waals surface area contributed by atoms with E-state index in [1.165, 1.54) is 6.42 Å². The number of primary amides is 1. The molecule has 1 fully saturated rings. The quantitative estimate of drug-likeness (QED) is 0.733. The molecule has 2 heterocycles. The molecule has 6 heteroatoms. The van der Waals surface area contributed by atoms with Crippen LogP contribution in [-0.2, 0) is 0 Å². The van der Waals surface area contributed by atoms with E-state index in [0.29, 0.717) is 16.8 Å². The minimum atomic E-state index is -0.976. The highest BCUT2D eigenvalue weighted by Gasteiger charge is 2.20. The smallest absolute Gasteiger partial charge is 0.250 e. The molecule has 2 aromatic rings. The number of benzene rings is 1. The minimum absolute atomic E-state index is 0.347. The summed E-state index contributed by atoms with van der Waals surface area (Å²) in [5.74, 6) is 0.251. The highest BCUT2D eigenvalue weighted by Crippen LogP contribution is 2.28. The van der Waals surface area contributed by atoms with E-state index in [1.54, 1.807) is 36.5 Å². The van der Waals surface area contributed by atoms with Gasteiger partial charge in [-0.15, -0.1) is 0 Å². The zero-order valence-corrected chi connectivity index (χ0v) is 13.5. The van der Waals surface area contributed by atoms with Crippen molar-refractivity contribution in [3.63, 3.8) is 0 Å². The number of nitrogens with one attached hydrogen (secondary N) is 1. The zero-order chi connectivity index (χ0) is 16.9. The molecule has 0 spiro atoms. The van der Waals surface area contributed by atoms with Crippen LogP contribution in [0.4, 0.5) is 11.5 Å². The SMILES string of the molecule is NC(=O)c1ccccc1NC(O)c1cccnc1N1CCCCC1. The normalized spacial score (nSPS) is 15.8. The van der Waals surface area contributed by atoms with Crippen LogP contribution < -0.4 is 16.0 Å². The van der Waals surface area contributed by atoms with Crippen LogP contribution in [-0.4, -0.2) is 29.1 Å². The molecule has 0 aliphatic carbocycles. The third-order valence-electron chi connectivity index (χ3n) is 4.25. The van der Waals surface area contributed by atoms with Gasteiger partial charge in [-0.2, -0.15) is 0 Å². The third-order valence-corrected chi connectivity index (χ3v) is 4.25. The molecule has 0 bridgehead atoms. The molecular weight excluding hydrogens is 304 g/mol. The predicted octanol–water partition coefficient (Wildman–Crippen LogP) is 2.27. The lowest BCUT2D eigenvalue weighted by Crippen LogP contribution is -2.32. The van der Waals surface area contributed by atoms with Gasteiger partial charge < -0.3 is 21.1 Å². The number of carbonyl (C=O) groups is 1. The van der Waals surface area contributed by atoms with Gasteiger partial charge in [-0.25, -0.2) is 4.98 Å². The lowest BCUT2D eigenvalue weighted by Gasteiger charge is -2.30. The average Bonchev–Trinajstić information content (AvgIpc) is 2.62. The van der Waals surface area contributed by atoms with E-state index in [9.17, 15) is 9.90 Å². The summed E-state index contributed by atoms with van der Waals surface area (Å²) in [5, 5.41) is 13.6. The fourth-order valence-corrected chi connectivity index (χ4v) is 3.04. The van der Waals surface area contributed by atoms with Gasteiger partial charge in [-0.1, -0.05) is 12.1 Å². The number of rotatable bonds is 5. The van der Waals surface area contributed by atoms with Crippen molar-refractivity contribution in [3.05, 3.63) is 53.7 Å². The molecule has 1 atom stereocenters. The van der Waals surface area contributed by atoms with Gasteiger partial charge in [0.05, 0.1) is 5.56 Å². The van der Waals surface area contributed by atoms with Crippen LogP contribution in [0.3, 0.4) is 0 Å². The Labute approximate surface area is 141 Å². The molecule has 1 unspecified atom stereocenters. The van der Waals surface area contributed by atoms with Gasteiger partial charge >= 0.3 is 0 Å². The number of hydrogen-bond donors (Lipinski definition) is 3. The Morgan fingerprint density at radius 2 is 1.92 bits per heavy atom. The van der Waals surface area contributed by atoms with Crippen LogP contribution in [0, 0.1) is 0 Å². The second-order valence-corrected chi connectivity index (χ2v) is 5.92. The Morgan fingerprint density at radius 1 is 1.17 bits per heavy atom. The summed E-state index contributed by atoms with van der Waals surface area (Å²) in [6.07, 6.45) is 4.24. The Kier molecular flexibility index (Phi) is 4.96. The summed E-state index contributed by atoms with van der Waals surface area (Å²) < 4.78 is 0. The molecule has 126 valence electrons. The number of aliphatic hydroxyl groups excluding tert-OH is 1. The third kappa shape index (κ3) is 3.49. The first kappa shape index (κ1) is 16.3. The number of carbonyl (C=O) groups excluding carboxylic acids is 1. The van der Waals surface area contributed by atoms with Gasteiger partial charge in [-0.3, -0.25) is 4.79 Å². The van der Waals surface area contributed by atoms with Crippen LogP contribution in [0.1, 0.15) is 41.4 Å². The zero-order valence-electron chi connectivity index (χ0n) is 13.5. The van der Waals surface area contributed by atoms with E-state index in [-0.39, 0.29) is 0 Å². The van der Waals surface area contributed by atoms with E-state index < -0.39 is 12.1 Å². The molecule has 0 radical (unpaired) electrons. The number of nitrogens with two attached hydrogens (primary N) is 1. The Hall–Kier alpha value is -2.60. The molecule has 6 nitrogen and oxygen atoms in total. The number of hydrogen-bond acceptors (Lipinski definition) is 5. The lowest BCUT2D eigenvalue weighted by atomic mass is 10.1. The van der Waals surface area contributed by atoms with Crippen LogP contribution in [0.5, 0.6) is 0 Å². The van der Waals surface area contributed by atoms with Crippen molar-refractivity contribution >= 4 is 17.4 Å². The van der Waals surface area contributed by atoms with Crippen LogP contribution >= 0.6 is 0 Å². The second kappa shape index (κ2) is 7.31. The maximum atomic E-state index is 11.5. The largest absolute Gasteiger partial charge is 0.369 e. The van der Waals surface area contributed by atoms with Crippen LogP contribution in [0.2, 0.25) is 0 Å². The van der Waals surface area contributed by atoms with E-state index in [1.807, 2.05) is 6.07 Å². The van der Waals surface area contributed by atoms with Crippen molar-refractivity contribution in [2.75, 3.05) is 23.3 Å². The van der Waals surface area contributed by atoms with Crippen molar-refractivity contribution in [2.24, 2.45) is 5.73 Å². The fourth-order valence-electron chi connectivity index (χ4n) is 3.04. The maximum absolute atomic E-state index is 11.5. The first-order valence-corrected chi connectivity index (χ1v) is 8.20. The number of aliphatic hydroxyl groups is 1. The molecule has 1 aromatic carbocycles. The maximum Gasteiger partial charge on any atom is 0.250 e. The Bertz CT molecular complexity index is 714. The molecule has 1 amide bonds. The molecule has 3 rings (SSSR count). The monoisotopic (exact) mass is 326 g/mol. The highest BCUT2D eigenvalue weighted by atomic mass is 16.3. The highest BCUT2D eigenvalue weighted by molar-refractivity contribution is 5.98. The lowest BCUT2D eigenvalue weighted by molar-refractivity contribution is 0.100. The molecule has 1 saturated heterocycles. The molecular formula is C18H22N4O2. The van der Waals surface area contributed by atoms with Gasteiger partial charge in [0.15, 0.2) is 6.23 Å². The number of pyridine rings is 1. The van der Waals surface area contributed by atoms with Crippen molar-refractivity contribution in [1.82, 2.24) is 4.98 Å². The summed E-state index contributed by atoms with van der Waals surface area (Å²) in [6.45, 7) is 1.88. The van der Waals surface area contributed by atoms with Crippen molar-refractivity contribution in [3.8, 4) is 0 Å². The Balaban J connectivity index is 1.86. The number of piperidine rings is 1. The molecule has 1 aliphatic rings. The predicted molar refractivity (Wildman–Crippen MR) is 93.8 cm³/mol. The molecule has 0 saturated carbocycles. The summed E-state index contributed by atoms with van der Waals surface area (Å²) in [4.78, 5) is 18.2. The summed E-state index contributed by atoms with van der Waals surface area (Å²) in [6, 6.07) is 10.5. The number of amides is 1. The van der Waals surface area contributed by atoms with Gasteiger partial charge in [-0.05, 0) is 43.5 Å². The summed E-state index contributed by atoms with van der Waals surface area (Å²) in [7, 11) is 0. The summed E-state index contributed by atoms with van der Waals surface area (Å²) in [5.41, 5.74) is 6.94. The molecule has 4 N–H and O–H groups in total. The average molecular weight is 326 g/mol.